The van der Waals surface area contributed by atoms with E-state index in [1.54, 1.807) is 12.3 Å². The van der Waals surface area contributed by atoms with Crippen LogP contribution in [0.2, 0.25) is 0 Å². The minimum absolute atomic E-state index is 1.01. The molecule has 0 radical (unpaired) electrons. The Morgan fingerprint density at radius 2 is 1.89 bits per heavy atom. The highest BCUT2D eigenvalue weighted by molar-refractivity contribution is 4.97. The number of rotatable bonds is 4. The summed E-state index contributed by atoms with van der Waals surface area (Å²) in [5, 5.41) is 0. The van der Waals surface area contributed by atoms with Crippen molar-refractivity contribution in [1.82, 2.24) is 0 Å². The molecule has 0 spiro atoms. The van der Waals surface area contributed by atoms with Crippen LogP contribution in [-0.4, -0.2) is 0 Å². The first-order valence-corrected chi connectivity index (χ1v) is 3.06. The van der Waals surface area contributed by atoms with Gasteiger partial charge in [-0.05, 0) is 19.0 Å². The van der Waals surface area contributed by atoms with Gasteiger partial charge in [0, 0.05) is 0 Å². The number of unbranched alkanes of at least 4 members (excludes halogenated alkanes) is 1. The maximum absolute atomic E-state index is 5.12. The third kappa shape index (κ3) is 7.02. The van der Waals surface area contributed by atoms with Gasteiger partial charge in [-0.25, -0.2) is 0 Å². The molecule has 0 unspecified atom stereocenters. The van der Waals surface area contributed by atoms with Gasteiger partial charge in [0.1, 0.15) is 0 Å². The third-order valence-corrected chi connectivity index (χ3v) is 0.908. The van der Waals surface area contributed by atoms with Crippen molar-refractivity contribution < 1.29 is 0 Å². The second kappa shape index (κ2) is 7.02. The standard InChI is InChI=1S/C8H13N/c1-2-3-4-5-6-7-8-9/h2-4,7-8H,1,5-6,9H2. The summed E-state index contributed by atoms with van der Waals surface area (Å²) < 4.78 is 0. The van der Waals surface area contributed by atoms with E-state index in [0.29, 0.717) is 0 Å². The largest absolute Gasteiger partial charge is 0.405 e. The maximum atomic E-state index is 5.12. The minimum atomic E-state index is 1.01. The van der Waals surface area contributed by atoms with E-state index in [9.17, 15) is 0 Å². The van der Waals surface area contributed by atoms with Gasteiger partial charge in [-0.2, -0.15) is 0 Å². The summed E-state index contributed by atoms with van der Waals surface area (Å²) in [5.41, 5.74) is 5.12. The lowest BCUT2D eigenvalue weighted by Gasteiger charge is -1.81. The van der Waals surface area contributed by atoms with Crippen LogP contribution in [0, 0.1) is 0 Å². The van der Waals surface area contributed by atoms with E-state index in [-0.39, 0.29) is 0 Å². The zero-order chi connectivity index (χ0) is 6.95. The molecule has 9 heavy (non-hydrogen) atoms. The fourth-order valence-corrected chi connectivity index (χ4v) is 0.481. The van der Waals surface area contributed by atoms with Crippen LogP contribution in [0.1, 0.15) is 12.8 Å². The fourth-order valence-electron chi connectivity index (χ4n) is 0.481. The number of allylic oxidation sites excluding steroid dienone is 4. The van der Waals surface area contributed by atoms with Gasteiger partial charge in [0.15, 0.2) is 0 Å². The van der Waals surface area contributed by atoms with Crippen molar-refractivity contribution in [3.8, 4) is 0 Å². The van der Waals surface area contributed by atoms with Crippen LogP contribution >= 0.6 is 0 Å². The lowest BCUT2D eigenvalue weighted by molar-refractivity contribution is 1.05. The average molecular weight is 123 g/mol. The number of hydrogen-bond donors (Lipinski definition) is 1. The Morgan fingerprint density at radius 3 is 2.44 bits per heavy atom. The van der Waals surface area contributed by atoms with Crippen molar-refractivity contribution >= 4 is 0 Å². The molecule has 1 heteroatoms. The second-order valence-corrected chi connectivity index (χ2v) is 1.67. The van der Waals surface area contributed by atoms with Crippen LogP contribution in [0.3, 0.4) is 0 Å². The zero-order valence-electron chi connectivity index (χ0n) is 5.59. The van der Waals surface area contributed by atoms with Crippen molar-refractivity contribution in [3.63, 3.8) is 0 Å². The first-order valence-electron chi connectivity index (χ1n) is 3.06. The molecule has 0 fully saturated rings. The van der Waals surface area contributed by atoms with Crippen LogP contribution in [0.25, 0.3) is 0 Å². The molecule has 0 atom stereocenters. The van der Waals surface area contributed by atoms with Gasteiger partial charge in [0.25, 0.3) is 0 Å². The maximum Gasteiger partial charge on any atom is -0.0103 e. The van der Waals surface area contributed by atoms with Gasteiger partial charge in [0.05, 0.1) is 0 Å². The SMILES string of the molecule is C=CC=CCCC=CN. The summed E-state index contributed by atoms with van der Waals surface area (Å²) in [4.78, 5) is 0. The molecule has 0 saturated carbocycles. The Hall–Kier alpha value is -0.980. The molecule has 0 saturated heterocycles. The van der Waals surface area contributed by atoms with Gasteiger partial charge < -0.3 is 5.73 Å². The van der Waals surface area contributed by atoms with Crippen molar-refractivity contribution in [3.05, 3.63) is 37.1 Å². The molecule has 0 aliphatic heterocycles. The molecule has 1 nitrogen and oxygen atoms in total. The van der Waals surface area contributed by atoms with Gasteiger partial charge in [-0.3, -0.25) is 0 Å². The number of nitrogens with two attached hydrogens (primary N) is 1. The van der Waals surface area contributed by atoms with Crippen LogP contribution in [-0.2, 0) is 0 Å². The molecule has 0 heterocycles. The van der Waals surface area contributed by atoms with E-state index < -0.39 is 0 Å². The van der Waals surface area contributed by atoms with Crippen molar-refractivity contribution in [2.45, 2.75) is 12.8 Å². The van der Waals surface area contributed by atoms with Gasteiger partial charge in [-0.15, -0.1) is 0 Å². The van der Waals surface area contributed by atoms with E-state index in [4.69, 9.17) is 5.73 Å². The van der Waals surface area contributed by atoms with Crippen molar-refractivity contribution in [1.29, 1.82) is 0 Å². The highest BCUT2D eigenvalue weighted by Gasteiger charge is 1.71. The van der Waals surface area contributed by atoms with Crippen LogP contribution in [0.15, 0.2) is 37.1 Å². The molecule has 0 rings (SSSR count). The smallest absolute Gasteiger partial charge is 0.0103 e. The Labute approximate surface area is 56.6 Å². The van der Waals surface area contributed by atoms with Crippen LogP contribution < -0.4 is 5.73 Å². The zero-order valence-corrected chi connectivity index (χ0v) is 5.59. The molecule has 2 N–H and O–H groups in total. The summed E-state index contributed by atoms with van der Waals surface area (Å²) in [7, 11) is 0. The summed E-state index contributed by atoms with van der Waals surface area (Å²) in [6.45, 7) is 3.55. The normalized spacial score (nSPS) is 11.1. The lowest BCUT2D eigenvalue weighted by atomic mass is 10.3. The predicted octanol–water partition coefficient (Wildman–Crippen LogP) is 1.98. The van der Waals surface area contributed by atoms with E-state index in [2.05, 4.69) is 12.7 Å². The molecule has 0 aliphatic carbocycles. The minimum Gasteiger partial charge on any atom is -0.405 e. The molecular weight excluding hydrogens is 110 g/mol. The topological polar surface area (TPSA) is 26.0 Å². The average Bonchev–Trinajstić information content (AvgIpc) is 1.89. The lowest BCUT2D eigenvalue weighted by Crippen LogP contribution is -1.74. The summed E-state index contributed by atoms with van der Waals surface area (Å²) in [5.74, 6) is 0. The van der Waals surface area contributed by atoms with Gasteiger partial charge in [0.2, 0.25) is 0 Å². The Morgan fingerprint density at radius 1 is 1.22 bits per heavy atom. The Bertz CT molecular complexity index is 112. The molecule has 0 bridgehead atoms. The summed E-state index contributed by atoms with van der Waals surface area (Å²) >= 11 is 0. The second-order valence-electron chi connectivity index (χ2n) is 1.67. The summed E-state index contributed by atoms with van der Waals surface area (Å²) in [6, 6.07) is 0. The van der Waals surface area contributed by atoms with E-state index >= 15 is 0 Å². The molecule has 0 aromatic heterocycles. The third-order valence-electron chi connectivity index (χ3n) is 0.908. The molecule has 0 amide bonds. The highest BCUT2D eigenvalue weighted by Crippen LogP contribution is 1.90. The van der Waals surface area contributed by atoms with Crippen LogP contribution in [0.5, 0.6) is 0 Å². The van der Waals surface area contributed by atoms with Gasteiger partial charge in [-0.1, -0.05) is 30.9 Å². The Balaban J connectivity index is 3.08. The quantitative estimate of drug-likeness (QED) is 0.449. The molecule has 0 aromatic rings. The molecule has 50 valence electrons. The van der Waals surface area contributed by atoms with Crippen molar-refractivity contribution in [2.24, 2.45) is 5.73 Å². The fraction of sp³-hybridized carbons (Fsp3) is 0.250. The molecule has 0 aromatic carbocycles. The first kappa shape index (κ1) is 8.02. The van der Waals surface area contributed by atoms with Gasteiger partial charge >= 0.3 is 0 Å². The van der Waals surface area contributed by atoms with E-state index in [1.807, 2.05) is 12.2 Å². The molecular formula is C8H13N. The number of hydrogen-bond acceptors (Lipinski definition) is 1. The highest BCUT2D eigenvalue weighted by atomic mass is 14.5. The predicted molar refractivity (Wildman–Crippen MR) is 41.9 cm³/mol. The summed E-state index contributed by atoms with van der Waals surface area (Å²) in [6.07, 6.45) is 11.3. The Kier molecular flexibility index (Phi) is 6.26. The molecule has 0 aliphatic rings. The van der Waals surface area contributed by atoms with Crippen molar-refractivity contribution in [2.75, 3.05) is 0 Å². The van der Waals surface area contributed by atoms with Crippen LogP contribution in [0.4, 0.5) is 0 Å². The monoisotopic (exact) mass is 123 g/mol. The first-order chi connectivity index (χ1) is 4.41. The van der Waals surface area contributed by atoms with E-state index in [1.165, 1.54) is 0 Å². The van der Waals surface area contributed by atoms with E-state index in [0.717, 1.165) is 12.8 Å².